The van der Waals surface area contributed by atoms with Gasteiger partial charge < -0.3 is 18.9 Å². The largest absolute Gasteiger partial charge is 0.459 e. The molecule has 0 radical (unpaired) electrons. The molecule has 0 saturated heterocycles. The molecule has 0 bridgehead atoms. The minimum Gasteiger partial charge on any atom is -0.459 e. The van der Waals surface area contributed by atoms with Crippen LogP contribution in [0, 0.1) is 23.3 Å². The van der Waals surface area contributed by atoms with E-state index in [1.54, 1.807) is 0 Å². The molecule has 6 nitrogen and oxygen atoms in total. The predicted octanol–water partition coefficient (Wildman–Crippen LogP) is 5.07. The van der Waals surface area contributed by atoms with Crippen LogP contribution in [-0.2, 0) is 19.1 Å². The molecule has 0 heterocycles. The average Bonchev–Trinajstić information content (AvgIpc) is 2.79. The fourth-order valence-corrected chi connectivity index (χ4v) is 2.15. The molecule has 0 fully saturated rings. The van der Waals surface area contributed by atoms with Crippen LogP contribution in [0.4, 0.5) is 17.6 Å². The monoisotopic (exact) mass is 450 g/mol. The number of esters is 2. The van der Waals surface area contributed by atoms with Crippen LogP contribution in [0.2, 0.25) is 0 Å². The van der Waals surface area contributed by atoms with Crippen LogP contribution in [0.25, 0.3) is 11.1 Å². The lowest BCUT2D eigenvalue weighted by Crippen LogP contribution is -1.99. The Balaban J connectivity index is 2.22. The van der Waals surface area contributed by atoms with Crippen LogP contribution in [0.1, 0.15) is 0 Å². The van der Waals surface area contributed by atoms with Crippen molar-refractivity contribution in [1.29, 1.82) is 0 Å². The predicted molar refractivity (Wildman–Crippen MR) is 104 cm³/mol. The van der Waals surface area contributed by atoms with E-state index in [0.717, 1.165) is 61.5 Å². The first kappa shape index (κ1) is 23.9. The number of rotatable bonds is 9. The van der Waals surface area contributed by atoms with Crippen molar-refractivity contribution in [3.05, 3.63) is 97.9 Å². The quantitative estimate of drug-likeness (QED) is 0.230. The maximum atomic E-state index is 14.4. The van der Waals surface area contributed by atoms with E-state index >= 15 is 0 Å². The molecule has 0 aliphatic rings. The number of hydrogen-bond donors (Lipinski definition) is 0. The third kappa shape index (κ3) is 5.85. The standard InChI is InChI=1S/C22H14F4O6/c1-3-17(27)31-11-9-29-15-7-5-13(19(23)21(15)25)14-6-8-16(22(26)20(14)24)30-10-12-32-18(28)4-2/h3-12H,1-2H2. The molecule has 2 rings (SSSR count). The minimum atomic E-state index is -1.51. The lowest BCUT2D eigenvalue weighted by atomic mass is 10.0. The second kappa shape index (κ2) is 11.2. The molecule has 0 aromatic heterocycles. The van der Waals surface area contributed by atoms with E-state index in [0.29, 0.717) is 0 Å². The van der Waals surface area contributed by atoms with E-state index in [2.05, 4.69) is 22.6 Å². The maximum absolute atomic E-state index is 14.4. The minimum absolute atomic E-state index is 0.588. The van der Waals surface area contributed by atoms with Gasteiger partial charge in [-0.1, -0.05) is 13.2 Å². The van der Waals surface area contributed by atoms with E-state index in [1.165, 1.54) is 0 Å². The topological polar surface area (TPSA) is 71.1 Å². The van der Waals surface area contributed by atoms with Crippen molar-refractivity contribution in [3.8, 4) is 22.6 Å². The van der Waals surface area contributed by atoms with Gasteiger partial charge in [0.15, 0.2) is 23.1 Å². The zero-order valence-corrected chi connectivity index (χ0v) is 16.1. The second-order valence-corrected chi connectivity index (χ2v) is 5.54. The first-order chi connectivity index (χ1) is 15.3. The molecule has 0 atom stereocenters. The summed E-state index contributed by atoms with van der Waals surface area (Å²) in [6.45, 7) is 6.32. The molecule has 0 spiro atoms. The van der Waals surface area contributed by atoms with Crippen molar-refractivity contribution in [2.75, 3.05) is 0 Å². The fourth-order valence-electron chi connectivity index (χ4n) is 2.15. The number of hydrogen-bond acceptors (Lipinski definition) is 6. The third-order valence-electron chi connectivity index (χ3n) is 3.59. The van der Waals surface area contributed by atoms with E-state index in [9.17, 15) is 27.2 Å². The molecule has 0 aliphatic heterocycles. The summed E-state index contributed by atoms with van der Waals surface area (Å²) in [6.07, 6.45) is 4.83. The number of ether oxygens (including phenoxy) is 4. The highest BCUT2D eigenvalue weighted by Gasteiger charge is 2.21. The molecule has 166 valence electrons. The van der Waals surface area contributed by atoms with Crippen molar-refractivity contribution in [2.45, 2.75) is 0 Å². The third-order valence-corrected chi connectivity index (χ3v) is 3.59. The van der Waals surface area contributed by atoms with Gasteiger partial charge in [0.2, 0.25) is 11.6 Å². The lowest BCUT2D eigenvalue weighted by Gasteiger charge is -2.11. The first-order valence-corrected chi connectivity index (χ1v) is 8.56. The van der Waals surface area contributed by atoms with Crippen LogP contribution in [-0.4, -0.2) is 11.9 Å². The highest BCUT2D eigenvalue weighted by Crippen LogP contribution is 2.34. The van der Waals surface area contributed by atoms with Crippen LogP contribution in [0.3, 0.4) is 0 Å². The SMILES string of the molecule is C=CC(=O)OC=COc1ccc(-c2ccc(OC=COC(=O)C=C)c(F)c2F)c(F)c1F. The molecule has 0 amide bonds. The maximum Gasteiger partial charge on any atom is 0.335 e. The van der Waals surface area contributed by atoms with Gasteiger partial charge in [-0.3, -0.25) is 0 Å². The van der Waals surface area contributed by atoms with Crippen LogP contribution >= 0.6 is 0 Å². The molecule has 0 aliphatic carbocycles. The van der Waals surface area contributed by atoms with Crippen molar-refractivity contribution < 1.29 is 46.1 Å². The number of carbonyl (C=O) groups excluding carboxylic acids is 2. The number of benzene rings is 2. The van der Waals surface area contributed by atoms with Gasteiger partial charge in [0, 0.05) is 23.3 Å². The number of halogens is 4. The molecule has 32 heavy (non-hydrogen) atoms. The van der Waals surface area contributed by atoms with Gasteiger partial charge in [-0.05, 0) is 24.3 Å². The molecule has 0 N–H and O–H groups in total. The zero-order valence-electron chi connectivity index (χ0n) is 16.1. The Morgan fingerprint density at radius 1 is 0.625 bits per heavy atom. The molecular formula is C22H14F4O6. The Labute approximate surface area is 179 Å². The Kier molecular flexibility index (Phi) is 8.35. The van der Waals surface area contributed by atoms with E-state index < -0.39 is 57.8 Å². The molecule has 2 aromatic rings. The summed E-state index contributed by atoms with van der Waals surface area (Å²) in [5, 5.41) is 0. The summed E-state index contributed by atoms with van der Waals surface area (Å²) < 4.78 is 75.9. The molecule has 10 heteroatoms. The summed E-state index contributed by atoms with van der Waals surface area (Å²) >= 11 is 0. The first-order valence-electron chi connectivity index (χ1n) is 8.56. The van der Waals surface area contributed by atoms with Gasteiger partial charge in [-0.2, -0.15) is 8.78 Å². The van der Waals surface area contributed by atoms with Crippen LogP contribution in [0.5, 0.6) is 11.5 Å². The Bertz CT molecular complexity index is 1020. The molecule has 0 saturated carbocycles. The van der Waals surface area contributed by atoms with Crippen LogP contribution in [0.15, 0.2) is 74.6 Å². The summed E-state index contributed by atoms with van der Waals surface area (Å²) in [7, 11) is 0. The van der Waals surface area contributed by atoms with E-state index in [4.69, 9.17) is 9.47 Å². The Morgan fingerprint density at radius 3 is 1.34 bits per heavy atom. The molecular weight excluding hydrogens is 436 g/mol. The summed E-state index contributed by atoms with van der Waals surface area (Å²) in [5.41, 5.74) is -1.18. The summed E-state index contributed by atoms with van der Waals surface area (Å²) in [4.78, 5) is 21.7. The van der Waals surface area contributed by atoms with Crippen molar-refractivity contribution in [2.24, 2.45) is 0 Å². The van der Waals surface area contributed by atoms with Crippen molar-refractivity contribution in [1.82, 2.24) is 0 Å². The van der Waals surface area contributed by atoms with Gasteiger partial charge in [0.05, 0.1) is 0 Å². The van der Waals surface area contributed by atoms with Gasteiger partial charge in [0.1, 0.15) is 25.0 Å². The fraction of sp³-hybridized carbons (Fsp3) is 0. The number of carbonyl (C=O) groups is 2. The van der Waals surface area contributed by atoms with Crippen molar-refractivity contribution in [3.63, 3.8) is 0 Å². The van der Waals surface area contributed by atoms with E-state index in [1.807, 2.05) is 0 Å². The molecule has 2 aromatic carbocycles. The average molecular weight is 450 g/mol. The van der Waals surface area contributed by atoms with Gasteiger partial charge in [-0.25, -0.2) is 18.4 Å². The highest BCUT2D eigenvalue weighted by molar-refractivity contribution is 5.82. The lowest BCUT2D eigenvalue weighted by molar-refractivity contribution is -0.133. The summed E-state index contributed by atoms with van der Waals surface area (Å²) in [6, 6.07) is 3.85. The zero-order chi connectivity index (χ0) is 23.7. The smallest absolute Gasteiger partial charge is 0.335 e. The van der Waals surface area contributed by atoms with Gasteiger partial charge in [0.25, 0.3) is 0 Å². The van der Waals surface area contributed by atoms with Gasteiger partial charge in [-0.15, -0.1) is 0 Å². The normalized spacial score (nSPS) is 10.8. The summed E-state index contributed by atoms with van der Waals surface area (Å²) in [5.74, 6) is -8.81. The second-order valence-electron chi connectivity index (χ2n) is 5.54. The van der Waals surface area contributed by atoms with Gasteiger partial charge >= 0.3 is 11.9 Å². The highest BCUT2D eigenvalue weighted by atomic mass is 19.2. The van der Waals surface area contributed by atoms with Crippen LogP contribution < -0.4 is 9.47 Å². The Hall–Kier alpha value is -4.34. The molecule has 0 unspecified atom stereocenters. The van der Waals surface area contributed by atoms with Crippen molar-refractivity contribution >= 4 is 11.9 Å². The Morgan fingerprint density at radius 2 is 1.00 bits per heavy atom. The van der Waals surface area contributed by atoms with E-state index in [-0.39, 0.29) is 0 Å².